The average Bonchev–Trinajstić information content (AvgIpc) is 3.34. The molecule has 2 heterocycles. The molecule has 43 heavy (non-hydrogen) atoms. The quantitative estimate of drug-likeness (QED) is 0.156. The van der Waals surface area contributed by atoms with E-state index in [1.54, 1.807) is 37.4 Å². The third-order valence-corrected chi connectivity index (χ3v) is 7.38. The number of fused-ring (bicyclic) bond motifs is 2. The highest BCUT2D eigenvalue weighted by molar-refractivity contribution is 7.22. The van der Waals surface area contributed by atoms with E-state index in [0.29, 0.717) is 51.2 Å². The molecule has 0 aliphatic heterocycles. The zero-order valence-electron chi connectivity index (χ0n) is 23.0. The van der Waals surface area contributed by atoms with Crippen molar-refractivity contribution < 1.29 is 27.4 Å². The van der Waals surface area contributed by atoms with E-state index in [9.17, 15) is 18.0 Å². The van der Waals surface area contributed by atoms with E-state index in [4.69, 9.17) is 21.1 Å². The summed E-state index contributed by atoms with van der Waals surface area (Å²) < 4.78 is 51.6. The number of amides is 2. The first-order valence-electron chi connectivity index (χ1n) is 12.7. The Morgan fingerprint density at radius 3 is 2.47 bits per heavy atom. The molecule has 3 N–H and O–H groups in total. The van der Waals surface area contributed by atoms with Crippen molar-refractivity contribution in [2.45, 2.75) is 6.18 Å². The molecule has 0 saturated carbocycles. The maximum atomic E-state index is 13.1. The molecule has 10 nitrogen and oxygen atoms in total. The average molecular weight is 632 g/mol. The molecule has 5 aromatic rings. The summed E-state index contributed by atoms with van der Waals surface area (Å²) in [7, 11) is 5.49. The number of hydrogen-bond acceptors (Lipinski definition) is 9. The number of hydrogen-bond donors (Lipinski definition) is 3. The van der Waals surface area contributed by atoms with Crippen LogP contribution in [0.4, 0.5) is 40.3 Å². The highest BCUT2D eigenvalue weighted by Crippen LogP contribution is 2.37. The molecule has 224 valence electrons. The number of ether oxygens (including phenoxy) is 2. The van der Waals surface area contributed by atoms with Crippen LogP contribution in [0.5, 0.6) is 11.5 Å². The van der Waals surface area contributed by atoms with E-state index in [-0.39, 0.29) is 5.69 Å². The topological polar surface area (TPSA) is 114 Å². The fourth-order valence-electron chi connectivity index (χ4n) is 4.04. The van der Waals surface area contributed by atoms with Crippen molar-refractivity contribution in [3.8, 4) is 11.5 Å². The number of aromatic nitrogens is 3. The predicted octanol–water partition coefficient (Wildman–Crippen LogP) is 7.25. The molecule has 2 aromatic heterocycles. The number of carbonyl (C=O) groups excluding carboxylic acids is 1. The zero-order chi connectivity index (χ0) is 30.7. The summed E-state index contributed by atoms with van der Waals surface area (Å²) in [4.78, 5) is 27.9. The molecule has 0 aliphatic carbocycles. The Kier molecular flexibility index (Phi) is 8.71. The lowest BCUT2D eigenvalue weighted by Crippen LogP contribution is -2.19. The Balaban J connectivity index is 1.31. The van der Waals surface area contributed by atoms with E-state index >= 15 is 0 Å². The third kappa shape index (κ3) is 7.16. The SMILES string of the molecule is COc1cc2c(Nc3nc4ccc(NC(=O)Nc5ccc(Cl)c(C(F)(F)F)c5)cc4s3)ncnc2cc1OCCN(C)C. The van der Waals surface area contributed by atoms with Crippen molar-refractivity contribution in [3.63, 3.8) is 0 Å². The Hall–Kier alpha value is -4.40. The van der Waals surface area contributed by atoms with Gasteiger partial charge < -0.3 is 30.3 Å². The van der Waals surface area contributed by atoms with Gasteiger partial charge in [-0.25, -0.2) is 19.7 Å². The Labute approximate surface area is 252 Å². The van der Waals surface area contributed by atoms with Crippen LogP contribution in [-0.2, 0) is 6.18 Å². The number of nitrogens with zero attached hydrogens (tertiary/aromatic N) is 4. The number of nitrogens with one attached hydrogen (secondary N) is 3. The number of methoxy groups -OCH3 is 1. The second-order valence-electron chi connectivity index (χ2n) is 9.49. The van der Waals surface area contributed by atoms with Gasteiger partial charge in [0.15, 0.2) is 16.6 Å². The maximum absolute atomic E-state index is 13.1. The van der Waals surface area contributed by atoms with Gasteiger partial charge in [-0.15, -0.1) is 0 Å². The van der Waals surface area contributed by atoms with Crippen LogP contribution in [-0.4, -0.2) is 60.2 Å². The monoisotopic (exact) mass is 631 g/mol. The second kappa shape index (κ2) is 12.5. The molecular weight excluding hydrogens is 607 g/mol. The van der Waals surface area contributed by atoms with E-state index in [1.165, 1.54) is 23.7 Å². The Morgan fingerprint density at radius 1 is 1.00 bits per heavy atom. The summed E-state index contributed by atoms with van der Waals surface area (Å²) in [6.45, 7) is 1.22. The van der Waals surface area contributed by atoms with Gasteiger partial charge in [0.2, 0.25) is 0 Å². The van der Waals surface area contributed by atoms with Crippen LogP contribution in [0.3, 0.4) is 0 Å². The van der Waals surface area contributed by atoms with Gasteiger partial charge in [0.05, 0.1) is 33.4 Å². The van der Waals surface area contributed by atoms with Gasteiger partial charge in [0.1, 0.15) is 18.8 Å². The standard InChI is InChI=1S/C28H25ClF3N7O3S/c1-39(2)8-9-42-23-13-21-17(12-22(23)41-3)25(34-14-33-21)38-27-37-20-7-5-16(11-24(20)43-27)36-26(40)35-15-4-6-19(29)18(10-15)28(30,31)32/h4-7,10-14H,8-9H2,1-3H3,(H2,35,36,40)(H,33,34,37,38). The number of alkyl halides is 3. The van der Waals surface area contributed by atoms with Crippen molar-refractivity contribution >= 4 is 72.4 Å². The number of halogens is 4. The third-order valence-electron chi connectivity index (χ3n) is 6.12. The predicted molar refractivity (Wildman–Crippen MR) is 162 cm³/mol. The number of likely N-dealkylation sites (N-methyl/N-ethyl adjacent to an activating group) is 1. The maximum Gasteiger partial charge on any atom is 0.417 e. The summed E-state index contributed by atoms with van der Waals surface area (Å²) in [6.07, 6.45) is -3.21. The Bertz CT molecular complexity index is 1800. The number of benzene rings is 3. The fraction of sp³-hybridized carbons (Fsp3) is 0.214. The van der Waals surface area contributed by atoms with Crippen LogP contribution in [0.2, 0.25) is 5.02 Å². The molecule has 0 spiro atoms. The molecule has 2 amide bonds. The largest absolute Gasteiger partial charge is 0.493 e. The van der Waals surface area contributed by atoms with Crippen molar-refractivity contribution in [2.24, 2.45) is 0 Å². The number of rotatable bonds is 9. The first-order valence-corrected chi connectivity index (χ1v) is 13.9. The first-order chi connectivity index (χ1) is 20.5. The number of anilines is 4. The molecule has 0 unspecified atom stereocenters. The molecule has 15 heteroatoms. The van der Waals surface area contributed by atoms with Crippen molar-refractivity contribution in [1.82, 2.24) is 19.9 Å². The normalized spacial score (nSPS) is 11.6. The minimum absolute atomic E-state index is 0.0551. The summed E-state index contributed by atoms with van der Waals surface area (Å²) in [5.41, 5.74) is 0.643. The molecule has 0 bridgehead atoms. The van der Waals surface area contributed by atoms with Gasteiger partial charge in [0.25, 0.3) is 0 Å². The molecule has 0 atom stereocenters. The lowest BCUT2D eigenvalue weighted by Gasteiger charge is -2.15. The molecule has 0 fully saturated rings. The van der Waals surface area contributed by atoms with Crippen molar-refractivity contribution in [2.75, 3.05) is 50.3 Å². The van der Waals surface area contributed by atoms with Crippen LogP contribution in [0.15, 0.2) is 54.9 Å². The van der Waals surface area contributed by atoms with Gasteiger partial charge in [-0.1, -0.05) is 22.9 Å². The van der Waals surface area contributed by atoms with Crippen LogP contribution < -0.4 is 25.4 Å². The summed E-state index contributed by atoms with van der Waals surface area (Å²) >= 11 is 6.98. The van der Waals surface area contributed by atoms with E-state index < -0.39 is 22.8 Å². The van der Waals surface area contributed by atoms with Crippen LogP contribution in [0, 0.1) is 0 Å². The summed E-state index contributed by atoms with van der Waals surface area (Å²) in [5, 5.41) is 9.04. The van der Waals surface area contributed by atoms with Crippen LogP contribution in [0.1, 0.15) is 5.56 Å². The molecule has 0 radical (unpaired) electrons. The molecule has 3 aromatic carbocycles. The number of urea groups is 1. The van der Waals surface area contributed by atoms with E-state index in [2.05, 4.69) is 30.9 Å². The minimum atomic E-state index is -4.65. The Morgan fingerprint density at radius 2 is 1.74 bits per heavy atom. The van der Waals surface area contributed by atoms with E-state index in [1.807, 2.05) is 19.0 Å². The summed E-state index contributed by atoms with van der Waals surface area (Å²) in [6, 6.07) is 11.1. The van der Waals surface area contributed by atoms with E-state index in [0.717, 1.165) is 23.4 Å². The minimum Gasteiger partial charge on any atom is -0.493 e. The van der Waals surface area contributed by atoms with Crippen molar-refractivity contribution in [3.05, 3.63) is 65.4 Å². The number of carbonyl (C=O) groups is 1. The first kappa shape index (κ1) is 30.1. The van der Waals surface area contributed by atoms with Gasteiger partial charge in [-0.05, 0) is 56.6 Å². The highest BCUT2D eigenvalue weighted by Gasteiger charge is 2.33. The fourth-order valence-corrected chi connectivity index (χ4v) is 5.17. The zero-order valence-corrected chi connectivity index (χ0v) is 24.6. The smallest absolute Gasteiger partial charge is 0.417 e. The molecular formula is C28H25ClF3N7O3S. The summed E-state index contributed by atoms with van der Waals surface area (Å²) in [5.74, 6) is 1.62. The van der Waals surface area contributed by atoms with Gasteiger partial charge >= 0.3 is 12.2 Å². The molecule has 0 aliphatic rings. The second-order valence-corrected chi connectivity index (χ2v) is 10.9. The lowest BCUT2D eigenvalue weighted by molar-refractivity contribution is -0.137. The van der Waals surface area contributed by atoms with Crippen LogP contribution in [0.25, 0.3) is 21.1 Å². The number of thiazole rings is 1. The van der Waals surface area contributed by atoms with Crippen molar-refractivity contribution in [1.29, 1.82) is 0 Å². The van der Waals surface area contributed by atoms with Gasteiger partial charge in [0, 0.05) is 29.4 Å². The lowest BCUT2D eigenvalue weighted by atomic mass is 10.2. The van der Waals surface area contributed by atoms with Gasteiger partial charge in [-0.2, -0.15) is 13.2 Å². The molecule has 5 rings (SSSR count). The highest BCUT2D eigenvalue weighted by atomic mass is 35.5. The molecule has 0 saturated heterocycles. The van der Waals surface area contributed by atoms with Crippen LogP contribution >= 0.6 is 22.9 Å². The van der Waals surface area contributed by atoms with Gasteiger partial charge in [-0.3, -0.25) is 0 Å².